The topological polar surface area (TPSA) is 47.6 Å². The summed E-state index contributed by atoms with van der Waals surface area (Å²) in [4.78, 5) is 4.23. The van der Waals surface area contributed by atoms with Gasteiger partial charge in [0.05, 0.1) is 14.8 Å². The predicted molar refractivity (Wildman–Crippen MR) is 73.5 cm³/mol. The highest BCUT2D eigenvalue weighted by Gasteiger charge is 2.18. The van der Waals surface area contributed by atoms with Crippen LogP contribution in [0.3, 0.4) is 0 Å². The van der Waals surface area contributed by atoms with Gasteiger partial charge in [-0.05, 0) is 18.6 Å². The molecule has 0 aromatic heterocycles. The number of hydrogen-bond donors (Lipinski definition) is 1. The average molecular weight is 268 g/mol. The second-order valence-electron chi connectivity index (χ2n) is 4.26. The maximum absolute atomic E-state index is 5.99. The van der Waals surface area contributed by atoms with E-state index in [2.05, 4.69) is 23.7 Å². The van der Waals surface area contributed by atoms with Gasteiger partial charge in [-0.1, -0.05) is 41.5 Å². The Kier molecular flexibility index (Phi) is 4.07. The summed E-state index contributed by atoms with van der Waals surface area (Å²) in [7, 11) is -0.544. The number of aliphatic imine (C=N–C) groups is 1. The van der Waals surface area contributed by atoms with Crippen LogP contribution in [-0.2, 0) is 4.74 Å². The van der Waals surface area contributed by atoms with E-state index in [1.54, 1.807) is 0 Å². The molecule has 2 N–H and O–H groups in total. The van der Waals surface area contributed by atoms with Crippen LogP contribution < -0.4 is 10.9 Å². The summed E-state index contributed by atoms with van der Waals surface area (Å²) < 4.78 is 5.14. The minimum atomic E-state index is -0.544. The Morgan fingerprint density at radius 2 is 2.41 bits per heavy atom. The molecule has 5 heteroatoms. The number of benzene rings is 1. The number of nitrogens with zero attached hydrogens (tertiary/aromatic N) is 1. The van der Waals surface area contributed by atoms with Gasteiger partial charge >= 0.3 is 0 Å². The van der Waals surface area contributed by atoms with Crippen molar-refractivity contribution in [3.63, 3.8) is 0 Å². The minimum Gasteiger partial charge on any atom is -0.463 e. The van der Waals surface area contributed by atoms with Crippen molar-refractivity contribution in [1.29, 1.82) is 0 Å². The maximum atomic E-state index is 5.99. The molecule has 0 unspecified atom stereocenters. The maximum Gasteiger partial charge on any atom is 0.282 e. The van der Waals surface area contributed by atoms with E-state index in [9.17, 15) is 0 Å². The Morgan fingerprint density at radius 3 is 3.06 bits per heavy atom. The van der Waals surface area contributed by atoms with Crippen LogP contribution in [0.1, 0.15) is 6.42 Å². The summed E-state index contributed by atoms with van der Waals surface area (Å²) in [6.07, 6.45) is 1.04. The van der Waals surface area contributed by atoms with Gasteiger partial charge in [0, 0.05) is 5.02 Å². The fourth-order valence-electron chi connectivity index (χ4n) is 1.87. The first-order chi connectivity index (χ1) is 8.15. The van der Waals surface area contributed by atoms with E-state index in [0.717, 1.165) is 17.5 Å². The third-order valence-corrected chi connectivity index (χ3v) is 5.47. The summed E-state index contributed by atoms with van der Waals surface area (Å²) in [5, 5.41) is 2.19. The van der Waals surface area contributed by atoms with Crippen molar-refractivity contribution in [3.05, 3.63) is 29.3 Å². The van der Waals surface area contributed by atoms with E-state index in [1.807, 2.05) is 12.1 Å². The van der Waals surface area contributed by atoms with E-state index in [0.29, 0.717) is 12.6 Å². The lowest BCUT2D eigenvalue weighted by Gasteiger charge is -2.11. The van der Waals surface area contributed by atoms with Crippen molar-refractivity contribution < 1.29 is 4.74 Å². The van der Waals surface area contributed by atoms with Crippen molar-refractivity contribution in [2.75, 3.05) is 6.61 Å². The first-order valence-corrected chi connectivity index (χ1v) is 8.28. The van der Waals surface area contributed by atoms with E-state index in [-0.39, 0.29) is 6.04 Å². The monoisotopic (exact) mass is 267 g/mol. The Bertz CT molecular complexity index is 425. The van der Waals surface area contributed by atoms with Crippen LogP contribution in [0.5, 0.6) is 0 Å². The molecule has 0 fully saturated rings. The minimum absolute atomic E-state index is 0.245. The van der Waals surface area contributed by atoms with Gasteiger partial charge < -0.3 is 10.5 Å². The third-order valence-electron chi connectivity index (χ3n) is 2.90. The predicted octanol–water partition coefficient (Wildman–Crippen LogP) is 1.78. The fraction of sp³-hybridized carbons (Fsp3) is 0.417. The van der Waals surface area contributed by atoms with Crippen molar-refractivity contribution in [2.24, 2.45) is 10.7 Å². The summed E-state index contributed by atoms with van der Waals surface area (Å²) in [6, 6.07) is 9.89. The molecule has 0 aliphatic carbocycles. The Morgan fingerprint density at radius 1 is 1.59 bits per heavy atom. The molecule has 0 saturated heterocycles. The molecule has 1 atom stereocenters. The second-order valence-corrected chi connectivity index (χ2v) is 7.34. The highest BCUT2D eigenvalue weighted by molar-refractivity contribution is 6.72. The lowest BCUT2D eigenvalue weighted by Crippen LogP contribution is -2.27. The van der Waals surface area contributed by atoms with E-state index < -0.39 is 8.80 Å². The highest BCUT2D eigenvalue weighted by Crippen LogP contribution is 2.12. The Hall–Kier alpha value is -1.00. The number of halogens is 1. The van der Waals surface area contributed by atoms with Crippen LogP contribution in [-0.4, -0.2) is 27.5 Å². The molecule has 17 heavy (non-hydrogen) atoms. The average Bonchev–Trinajstić information content (AvgIpc) is 2.72. The molecular formula is C12H16ClN2OSi. The van der Waals surface area contributed by atoms with Crippen molar-refractivity contribution >= 4 is 31.6 Å². The summed E-state index contributed by atoms with van der Waals surface area (Å²) in [6.45, 7) is 2.94. The van der Waals surface area contributed by atoms with Gasteiger partial charge in [0.1, 0.15) is 6.61 Å². The molecule has 1 aromatic carbocycles. The van der Waals surface area contributed by atoms with Gasteiger partial charge in [0.2, 0.25) is 0 Å². The summed E-state index contributed by atoms with van der Waals surface area (Å²) >= 11 is 5.99. The molecule has 0 amide bonds. The Labute approximate surface area is 108 Å². The third kappa shape index (κ3) is 3.48. The normalized spacial score (nSPS) is 19.2. The van der Waals surface area contributed by atoms with Crippen LogP contribution in [0.2, 0.25) is 17.6 Å². The van der Waals surface area contributed by atoms with E-state index in [1.165, 1.54) is 5.19 Å². The first kappa shape index (κ1) is 12.5. The van der Waals surface area contributed by atoms with Crippen LogP contribution in [0.4, 0.5) is 0 Å². The zero-order valence-electron chi connectivity index (χ0n) is 9.82. The molecule has 3 nitrogen and oxygen atoms in total. The molecule has 1 heterocycles. The smallest absolute Gasteiger partial charge is 0.282 e. The Balaban J connectivity index is 1.87. The number of hydrogen-bond acceptors (Lipinski definition) is 3. The van der Waals surface area contributed by atoms with E-state index >= 15 is 0 Å². The molecule has 0 spiro atoms. The lowest BCUT2D eigenvalue weighted by atomic mass is 10.3. The molecule has 2 rings (SSSR count). The van der Waals surface area contributed by atoms with Gasteiger partial charge in [-0.3, -0.25) is 0 Å². The van der Waals surface area contributed by atoms with Crippen LogP contribution in [0.25, 0.3) is 0 Å². The number of nitrogens with two attached hydrogens (primary N) is 1. The fourth-order valence-corrected chi connectivity index (χ4v) is 3.98. The molecule has 1 aromatic rings. The second kappa shape index (κ2) is 5.56. The number of rotatable bonds is 4. The van der Waals surface area contributed by atoms with Crippen molar-refractivity contribution in [3.8, 4) is 0 Å². The lowest BCUT2D eigenvalue weighted by molar-refractivity contribution is 0.310. The molecule has 1 radical (unpaired) electrons. The first-order valence-electron chi connectivity index (χ1n) is 5.69. The van der Waals surface area contributed by atoms with Crippen molar-refractivity contribution in [1.82, 2.24) is 0 Å². The van der Waals surface area contributed by atoms with Crippen LogP contribution in [0, 0.1) is 0 Å². The molecule has 1 aliphatic rings. The summed E-state index contributed by atoms with van der Waals surface area (Å²) in [5.74, 6) is 0. The van der Waals surface area contributed by atoms with Crippen molar-refractivity contribution in [2.45, 2.75) is 25.1 Å². The highest BCUT2D eigenvalue weighted by atomic mass is 35.5. The zero-order chi connectivity index (χ0) is 12.3. The molecule has 91 valence electrons. The van der Waals surface area contributed by atoms with Gasteiger partial charge in [-0.25, -0.2) is 4.99 Å². The van der Waals surface area contributed by atoms with Crippen LogP contribution in [0.15, 0.2) is 29.3 Å². The molecule has 0 saturated carbocycles. The number of ether oxygens (including phenoxy) is 1. The van der Waals surface area contributed by atoms with E-state index in [4.69, 9.17) is 22.1 Å². The van der Waals surface area contributed by atoms with Crippen LogP contribution >= 0.6 is 11.6 Å². The molecular weight excluding hydrogens is 252 g/mol. The quantitative estimate of drug-likeness (QED) is 0.846. The van der Waals surface area contributed by atoms with Gasteiger partial charge in [0.25, 0.3) is 6.02 Å². The molecule has 0 bridgehead atoms. The standard InChI is InChI=1S/C12H16ClN2OSi/c1-17(11-4-2-3-9(13)7-11)6-5-10-8-16-12(14)15-10/h2-4,7,10H,5-6,8H2,1H3,(H2,14,15)/t10-/m0/s1. The SMILES string of the molecule is C[Si](CC[C@H]1COC(N)=N1)c1cccc(Cl)c1. The number of amidine groups is 1. The van der Waals surface area contributed by atoms with Gasteiger partial charge in [-0.2, -0.15) is 0 Å². The van der Waals surface area contributed by atoms with Gasteiger partial charge in [0.15, 0.2) is 0 Å². The van der Waals surface area contributed by atoms with Gasteiger partial charge in [-0.15, -0.1) is 0 Å². The zero-order valence-corrected chi connectivity index (χ0v) is 11.6. The summed E-state index contributed by atoms with van der Waals surface area (Å²) in [5.41, 5.74) is 5.48. The molecule has 1 aliphatic heterocycles. The largest absolute Gasteiger partial charge is 0.463 e.